The van der Waals surface area contributed by atoms with E-state index in [-0.39, 0.29) is 11.9 Å². The highest BCUT2D eigenvalue weighted by atomic mass is 35.5. The van der Waals surface area contributed by atoms with Crippen LogP contribution < -0.4 is 0 Å². The van der Waals surface area contributed by atoms with E-state index < -0.39 is 5.97 Å². The van der Waals surface area contributed by atoms with Gasteiger partial charge in [0.15, 0.2) is 0 Å². The maximum Gasteiger partial charge on any atom is 0.378 e. The normalized spacial score (nSPS) is 16.4. The van der Waals surface area contributed by atoms with E-state index in [0.717, 1.165) is 25.7 Å². The van der Waals surface area contributed by atoms with Crippen LogP contribution in [0.5, 0.6) is 0 Å². The number of esters is 1. The lowest BCUT2D eigenvalue weighted by Crippen LogP contribution is -2.20. The first-order chi connectivity index (χ1) is 11.6. The molecule has 0 aliphatic heterocycles. The lowest BCUT2D eigenvalue weighted by Gasteiger charge is -2.19. The molecule has 1 aliphatic carbocycles. The minimum Gasteiger partial charge on any atom is -0.456 e. The molecule has 1 heterocycles. The molecule has 2 aromatic rings. The standard InChI is InChI=1S/C18H22ClN3O2/c1-13-20-17(21-22(13)16-12-8-7-11-15(16)19)18(23)24-14-9-5-3-2-4-6-10-14/h7-8,11-12,14H,2-6,9-10H2,1H3. The summed E-state index contributed by atoms with van der Waals surface area (Å²) in [5.74, 6) is 0.247. The molecule has 1 aliphatic rings. The van der Waals surface area contributed by atoms with E-state index in [1.807, 2.05) is 18.2 Å². The molecule has 5 nitrogen and oxygen atoms in total. The third-order valence-corrected chi connectivity index (χ3v) is 4.68. The first-order valence-corrected chi connectivity index (χ1v) is 8.92. The Labute approximate surface area is 147 Å². The number of hydrogen-bond donors (Lipinski definition) is 0. The Balaban J connectivity index is 1.74. The van der Waals surface area contributed by atoms with E-state index >= 15 is 0 Å². The van der Waals surface area contributed by atoms with Crippen LogP contribution in [0.15, 0.2) is 24.3 Å². The smallest absolute Gasteiger partial charge is 0.378 e. The number of aromatic nitrogens is 3. The van der Waals surface area contributed by atoms with Crippen molar-refractivity contribution in [2.24, 2.45) is 0 Å². The zero-order chi connectivity index (χ0) is 16.9. The SMILES string of the molecule is Cc1nc(C(=O)OC2CCCCCCC2)nn1-c1ccccc1Cl. The molecule has 0 radical (unpaired) electrons. The number of nitrogens with zero attached hydrogens (tertiary/aromatic N) is 3. The van der Waals surface area contributed by atoms with Gasteiger partial charge < -0.3 is 4.74 Å². The van der Waals surface area contributed by atoms with Gasteiger partial charge in [-0.1, -0.05) is 43.0 Å². The summed E-state index contributed by atoms with van der Waals surface area (Å²) in [4.78, 5) is 16.7. The van der Waals surface area contributed by atoms with Crippen LogP contribution in [-0.2, 0) is 4.74 Å². The molecule has 0 bridgehead atoms. The van der Waals surface area contributed by atoms with Crippen molar-refractivity contribution in [3.8, 4) is 5.69 Å². The van der Waals surface area contributed by atoms with Crippen molar-refractivity contribution >= 4 is 17.6 Å². The van der Waals surface area contributed by atoms with Crippen LogP contribution in [0.1, 0.15) is 61.4 Å². The first-order valence-electron chi connectivity index (χ1n) is 8.54. The number of benzene rings is 1. The van der Waals surface area contributed by atoms with Crippen molar-refractivity contribution in [3.63, 3.8) is 0 Å². The number of halogens is 1. The molecule has 0 spiro atoms. The topological polar surface area (TPSA) is 57.0 Å². The zero-order valence-electron chi connectivity index (χ0n) is 13.9. The highest BCUT2D eigenvalue weighted by molar-refractivity contribution is 6.32. The van der Waals surface area contributed by atoms with Crippen LogP contribution >= 0.6 is 11.6 Å². The van der Waals surface area contributed by atoms with Crippen molar-refractivity contribution in [3.05, 3.63) is 40.9 Å². The van der Waals surface area contributed by atoms with Crippen molar-refractivity contribution in [1.82, 2.24) is 14.8 Å². The fraction of sp³-hybridized carbons (Fsp3) is 0.500. The Kier molecular flexibility index (Phi) is 5.51. The van der Waals surface area contributed by atoms with E-state index in [1.54, 1.807) is 17.7 Å². The van der Waals surface area contributed by atoms with Crippen LogP contribution in [0.25, 0.3) is 5.69 Å². The van der Waals surface area contributed by atoms with Crippen molar-refractivity contribution < 1.29 is 9.53 Å². The van der Waals surface area contributed by atoms with E-state index in [1.165, 1.54) is 19.3 Å². The third-order valence-electron chi connectivity index (χ3n) is 4.36. The molecule has 1 fully saturated rings. The summed E-state index contributed by atoms with van der Waals surface area (Å²) in [7, 11) is 0. The zero-order valence-corrected chi connectivity index (χ0v) is 14.6. The van der Waals surface area contributed by atoms with Crippen LogP contribution in [0.2, 0.25) is 5.02 Å². The number of ether oxygens (including phenoxy) is 1. The first kappa shape index (κ1) is 17.0. The van der Waals surface area contributed by atoms with Gasteiger partial charge in [0.05, 0.1) is 10.7 Å². The molecule has 24 heavy (non-hydrogen) atoms. The molecule has 128 valence electrons. The molecular weight excluding hydrogens is 326 g/mol. The number of para-hydroxylation sites is 1. The highest BCUT2D eigenvalue weighted by Crippen LogP contribution is 2.22. The quantitative estimate of drug-likeness (QED) is 0.767. The summed E-state index contributed by atoms with van der Waals surface area (Å²) >= 11 is 6.20. The second kappa shape index (κ2) is 7.79. The molecule has 0 atom stereocenters. The lowest BCUT2D eigenvalue weighted by atomic mass is 9.99. The molecule has 0 saturated heterocycles. The third kappa shape index (κ3) is 3.96. The Bertz CT molecular complexity index is 706. The highest BCUT2D eigenvalue weighted by Gasteiger charge is 2.22. The van der Waals surface area contributed by atoms with Gasteiger partial charge in [0.1, 0.15) is 11.9 Å². The van der Waals surface area contributed by atoms with Gasteiger partial charge in [0, 0.05) is 0 Å². The molecule has 1 aromatic heterocycles. The average Bonchev–Trinajstić information content (AvgIpc) is 2.92. The average molecular weight is 348 g/mol. The number of carbonyl (C=O) groups excluding carboxylic acids is 1. The molecule has 1 saturated carbocycles. The van der Waals surface area contributed by atoms with Gasteiger partial charge in [0.25, 0.3) is 5.82 Å². The number of hydrogen-bond acceptors (Lipinski definition) is 4. The molecule has 0 unspecified atom stereocenters. The predicted molar refractivity (Wildman–Crippen MR) is 92.6 cm³/mol. The fourth-order valence-corrected chi connectivity index (χ4v) is 3.28. The maximum absolute atomic E-state index is 12.4. The monoisotopic (exact) mass is 347 g/mol. The summed E-state index contributed by atoms with van der Waals surface area (Å²) in [5, 5.41) is 4.86. The molecule has 1 aromatic carbocycles. The van der Waals surface area contributed by atoms with Gasteiger partial charge in [-0.15, -0.1) is 5.10 Å². The molecule has 6 heteroatoms. The van der Waals surface area contributed by atoms with Crippen LogP contribution in [-0.4, -0.2) is 26.8 Å². The van der Waals surface area contributed by atoms with Crippen LogP contribution in [0, 0.1) is 6.92 Å². The van der Waals surface area contributed by atoms with Gasteiger partial charge in [0.2, 0.25) is 0 Å². The minimum absolute atomic E-state index is 0.0228. The lowest BCUT2D eigenvalue weighted by molar-refractivity contribution is 0.0225. The van der Waals surface area contributed by atoms with Gasteiger partial charge in [-0.25, -0.2) is 14.5 Å². The number of aryl methyl sites for hydroxylation is 1. The Morgan fingerprint density at radius 3 is 2.54 bits per heavy atom. The van der Waals surface area contributed by atoms with Crippen molar-refractivity contribution in [1.29, 1.82) is 0 Å². The summed E-state index contributed by atoms with van der Waals surface area (Å²) < 4.78 is 7.22. The molecule has 3 rings (SSSR count). The molecule has 0 N–H and O–H groups in total. The van der Waals surface area contributed by atoms with Gasteiger partial charge in [-0.05, 0) is 44.7 Å². The summed E-state index contributed by atoms with van der Waals surface area (Å²) in [6.07, 6.45) is 7.76. The van der Waals surface area contributed by atoms with Crippen molar-refractivity contribution in [2.75, 3.05) is 0 Å². The van der Waals surface area contributed by atoms with E-state index in [9.17, 15) is 4.79 Å². The summed E-state index contributed by atoms with van der Waals surface area (Å²) in [5.41, 5.74) is 0.703. The summed E-state index contributed by atoms with van der Waals surface area (Å²) in [6.45, 7) is 1.79. The van der Waals surface area contributed by atoms with Crippen LogP contribution in [0.3, 0.4) is 0 Å². The molecular formula is C18H22ClN3O2. The van der Waals surface area contributed by atoms with E-state index in [4.69, 9.17) is 16.3 Å². The van der Waals surface area contributed by atoms with Gasteiger partial charge in [-0.2, -0.15) is 0 Å². The Hall–Kier alpha value is -1.88. The number of rotatable bonds is 3. The largest absolute Gasteiger partial charge is 0.456 e. The molecule has 0 amide bonds. The van der Waals surface area contributed by atoms with E-state index in [2.05, 4.69) is 10.1 Å². The Morgan fingerprint density at radius 2 is 1.83 bits per heavy atom. The second-order valence-electron chi connectivity index (χ2n) is 6.22. The van der Waals surface area contributed by atoms with Crippen molar-refractivity contribution in [2.45, 2.75) is 58.0 Å². The minimum atomic E-state index is -0.450. The second-order valence-corrected chi connectivity index (χ2v) is 6.63. The summed E-state index contributed by atoms with van der Waals surface area (Å²) in [6, 6.07) is 7.34. The van der Waals surface area contributed by atoms with Gasteiger partial charge >= 0.3 is 5.97 Å². The maximum atomic E-state index is 12.4. The predicted octanol–water partition coefficient (Wildman–Crippen LogP) is 4.50. The van der Waals surface area contributed by atoms with E-state index in [0.29, 0.717) is 16.5 Å². The fourth-order valence-electron chi connectivity index (χ4n) is 3.07. The van der Waals surface area contributed by atoms with Gasteiger partial charge in [-0.3, -0.25) is 0 Å². The van der Waals surface area contributed by atoms with Crippen LogP contribution in [0.4, 0.5) is 0 Å². The Morgan fingerprint density at radius 1 is 1.17 bits per heavy atom. The number of carbonyl (C=O) groups is 1.